The van der Waals surface area contributed by atoms with Crippen molar-refractivity contribution in [3.8, 4) is 11.5 Å². The zero-order valence-corrected chi connectivity index (χ0v) is 18.1. The van der Waals surface area contributed by atoms with Crippen LogP contribution in [0.5, 0.6) is 11.5 Å². The lowest BCUT2D eigenvalue weighted by Crippen LogP contribution is -2.42. The van der Waals surface area contributed by atoms with Crippen LogP contribution in [0.15, 0.2) is 30.3 Å². The minimum atomic E-state index is -0.0254. The third-order valence-corrected chi connectivity index (χ3v) is 6.85. The van der Waals surface area contributed by atoms with Crippen molar-refractivity contribution in [2.45, 2.75) is 33.2 Å². The van der Waals surface area contributed by atoms with Crippen molar-refractivity contribution in [3.63, 3.8) is 0 Å². The summed E-state index contributed by atoms with van der Waals surface area (Å²) < 4.78 is 12.0. The number of carbonyl (C=O) groups excluding carboxylic acids is 1. The van der Waals surface area contributed by atoms with Crippen LogP contribution in [0.2, 0.25) is 0 Å². The molecule has 1 fully saturated rings. The molecule has 30 heavy (non-hydrogen) atoms. The summed E-state index contributed by atoms with van der Waals surface area (Å²) in [6.07, 6.45) is 1.91. The highest BCUT2D eigenvalue weighted by molar-refractivity contribution is 7.22. The number of hydrogen-bond donors (Lipinski definition) is 1. The van der Waals surface area contributed by atoms with Crippen molar-refractivity contribution in [1.29, 1.82) is 0 Å². The fourth-order valence-corrected chi connectivity index (χ4v) is 5.42. The van der Waals surface area contributed by atoms with E-state index in [9.17, 15) is 4.79 Å². The SMILES string of the molecule is Cc1cc(C)c2nc(N3CCC[C@H](C(=O)NCc4ccc5c(c4)OCO5)C3)sc2c1. The topological polar surface area (TPSA) is 63.7 Å². The molecule has 3 heterocycles. The van der Waals surface area contributed by atoms with E-state index in [2.05, 4.69) is 36.2 Å². The number of thiazole rings is 1. The van der Waals surface area contributed by atoms with E-state index in [0.717, 1.165) is 47.1 Å². The molecule has 5 rings (SSSR count). The van der Waals surface area contributed by atoms with Crippen molar-refractivity contribution < 1.29 is 14.3 Å². The molecule has 6 nitrogen and oxygen atoms in total. The van der Waals surface area contributed by atoms with Gasteiger partial charge in [0, 0.05) is 19.6 Å². The van der Waals surface area contributed by atoms with E-state index in [-0.39, 0.29) is 18.6 Å². The quantitative estimate of drug-likeness (QED) is 0.682. The summed E-state index contributed by atoms with van der Waals surface area (Å²) >= 11 is 1.72. The van der Waals surface area contributed by atoms with Gasteiger partial charge in [0.2, 0.25) is 12.7 Å². The van der Waals surface area contributed by atoms with E-state index in [4.69, 9.17) is 14.5 Å². The largest absolute Gasteiger partial charge is 0.454 e. The summed E-state index contributed by atoms with van der Waals surface area (Å²) in [4.78, 5) is 20.0. The predicted molar refractivity (Wildman–Crippen MR) is 118 cm³/mol. The first-order valence-electron chi connectivity index (χ1n) is 10.4. The summed E-state index contributed by atoms with van der Waals surface area (Å²) in [5.74, 6) is 1.58. The number of ether oxygens (including phenoxy) is 2. The lowest BCUT2D eigenvalue weighted by Gasteiger charge is -2.31. The molecule has 3 aromatic rings. The molecule has 2 aliphatic heterocycles. The number of hydrogen-bond acceptors (Lipinski definition) is 6. The molecule has 1 saturated heterocycles. The van der Waals surface area contributed by atoms with Gasteiger partial charge >= 0.3 is 0 Å². The summed E-state index contributed by atoms with van der Waals surface area (Å²) in [7, 11) is 0. The summed E-state index contributed by atoms with van der Waals surface area (Å²) in [6, 6.07) is 10.2. The second-order valence-corrected chi connectivity index (χ2v) is 9.12. The number of fused-ring (bicyclic) bond motifs is 2. The van der Waals surface area contributed by atoms with E-state index >= 15 is 0 Å². The molecule has 1 aromatic heterocycles. The van der Waals surface area contributed by atoms with Crippen molar-refractivity contribution >= 4 is 32.6 Å². The Hall–Kier alpha value is -2.80. The first kappa shape index (κ1) is 19.2. The molecule has 0 unspecified atom stereocenters. The maximum absolute atomic E-state index is 12.8. The van der Waals surface area contributed by atoms with Gasteiger partial charge < -0.3 is 19.7 Å². The summed E-state index contributed by atoms with van der Waals surface area (Å²) in [6.45, 7) is 6.64. The van der Waals surface area contributed by atoms with Crippen molar-refractivity contribution in [3.05, 3.63) is 47.0 Å². The number of nitrogens with zero attached hydrogens (tertiary/aromatic N) is 2. The number of amides is 1. The molecule has 0 bridgehead atoms. The van der Waals surface area contributed by atoms with E-state index < -0.39 is 0 Å². The number of benzene rings is 2. The van der Waals surface area contributed by atoms with E-state index in [1.807, 2.05) is 18.2 Å². The molecule has 156 valence electrons. The Morgan fingerprint density at radius 2 is 2.10 bits per heavy atom. The maximum Gasteiger partial charge on any atom is 0.231 e. The number of aryl methyl sites for hydroxylation is 2. The van der Waals surface area contributed by atoms with Gasteiger partial charge in [-0.2, -0.15) is 0 Å². The highest BCUT2D eigenvalue weighted by Crippen LogP contribution is 2.34. The Balaban J connectivity index is 1.25. The molecule has 7 heteroatoms. The molecule has 2 aromatic carbocycles. The maximum atomic E-state index is 12.8. The van der Waals surface area contributed by atoms with Crippen molar-refractivity contribution in [2.24, 2.45) is 5.92 Å². The first-order chi connectivity index (χ1) is 14.6. The normalized spacial score (nSPS) is 18.1. The van der Waals surface area contributed by atoms with Gasteiger partial charge in [0.15, 0.2) is 16.6 Å². The van der Waals surface area contributed by atoms with Gasteiger partial charge in [-0.3, -0.25) is 4.79 Å². The third kappa shape index (κ3) is 3.69. The molecule has 0 spiro atoms. The number of piperidine rings is 1. The van der Waals surface area contributed by atoms with Crippen LogP contribution in [-0.4, -0.2) is 30.8 Å². The average Bonchev–Trinajstić information content (AvgIpc) is 3.38. The van der Waals surface area contributed by atoms with Crippen LogP contribution in [0.1, 0.15) is 29.5 Å². The van der Waals surface area contributed by atoms with Gasteiger partial charge in [-0.15, -0.1) is 0 Å². The number of aromatic nitrogens is 1. The molecule has 0 saturated carbocycles. The van der Waals surface area contributed by atoms with Crippen LogP contribution in [-0.2, 0) is 11.3 Å². The fraction of sp³-hybridized carbons (Fsp3) is 0.391. The monoisotopic (exact) mass is 423 g/mol. The van der Waals surface area contributed by atoms with Crippen LogP contribution >= 0.6 is 11.3 Å². The predicted octanol–water partition coefficient (Wildman–Crippen LogP) is 4.17. The molecule has 0 radical (unpaired) electrons. The lowest BCUT2D eigenvalue weighted by molar-refractivity contribution is -0.125. The third-order valence-electron chi connectivity index (χ3n) is 5.78. The smallest absolute Gasteiger partial charge is 0.231 e. The zero-order chi connectivity index (χ0) is 20.7. The Labute approximate surface area is 179 Å². The van der Waals surface area contributed by atoms with E-state index in [1.54, 1.807) is 11.3 Å². The van der Waals surface area contributed by atoms with E-state index in [1.165, 1.54) is 15.8 Å². The molecule has 2 aliphatic rings. The molecule has 1 amide bonds. The Morgan fingerprint density at radius 1 is 1.23 bits per heavy atom. The Morgan fingerprint density at radius 3 is 3.00 bits per heavy atom. The highest BCUT2D eigenvalue weighted by atomic mass is 32.1. The average molecular weight is 424 g/mol. The fourth-order valence-electron chi connectivity index (χ4n) is 4.24. The second kappa shape index (κ2) is 7.80. The van der Waals surface area contributed by atoms with Gasteiger partial charge in [-0.1, -0.05) is 23.5 Å². The van der Waals surface area contributed by atoms with Crippen LogP contribution in [0.4, 0.5) is 5.13 Å². The summed E-state index contributed by atoms with van der Waals surface area (Å²) in [5, 5.41) is 4.12. The second-order valence-electron chi connectivity index (χ2n) is 8.12. The molecular weight excluding hydrogens is 398 g/mol. The van der Waals surface area contributed by atoms with Crippen molar-refractivity contribution in [1.82, 2.24) is 10.3 Å². The van der Waals surface area contributed by atoms with Crippen LogP contribution in [0.3, 0.4) is 0 Å². The zero-order valence-electron chi connectivity index (χ0n) is 17.2. The van der Waals surface area contributed by atoms with Gasteiger partial charge in [-0.05, 0) is 61.6 Å². The standard InChI is InChI=1S/C23H25N3O3S/c1-14-8-15(2)21-20(9-14)30-23(25-21)26-7-3-4-17(12-26)22(27)24-11-16-5-6-18-19(10-16)29-13-28-18/h5-6,8-10,17H,3-4,7,11-13H2,1-2H3,(H,24,27)/t17-/m0/s1. The van der Waals surface area contributed by atoms with Gasteiger partial charge in [0.05, 0.1) is 16.1 Å². The minimum absolute atomic E-state index is 0.0254. The number of anilines is 1. The highest BCUT2D eigenvalue weighted by Gasteiger charge is 2.27. The number of rotatable bonds is 4. The number of carbonyl (C=O) groups is 1. The van der Waals surface area contributed by atoms with Gasteiger partial charge in [0.25, 0.3) is 0 Å². The van der Waals surface area contributed by atoms with Gasteiger partial charge in [-0.25, -0.2) is 4.98 Å². The first-order valence-corrected chi connectivity index (χ1v) is 11.2. The minimum Gasteiger partial charge on any atom is -0.454 e. The summed E-state index contributed by atoms with van der Waals surface area (Å²) in [5.41, 5.74) is 4.56. The van der Waals surface area contributed by atoms with Gasteiger partial charge in [0.1, 0.15) is 0 Å². The molecule has 1 N–H and O–H groups in total. The van der Waals surface area contributed by atoms with E-state index in [0.29, 0.717) is 13.1 Å². The number of nitrogens with one attached hydrogen (secondary N) is 1. The molecular formula is C23H25N3O3S. The Bertz CT molecular complexity index is 1110. The van der Waals surface area contributed by atoms with Crippen LogP contribution in [0.25, 0.3) is 10.2 Å². The van der Waals surface area contributed by atoms with Crippen LogP contribution in [0, 0.1) is 19.8 Å². The Kier molecular flexibility index (Phi) is 4.98. The lowest BCUT2D eigenvalue weighted by atomic mass is 9.97. The molecule has 1 atom stereocenters. The molecule has 0 aliphatic carbocycles. The van der Waals surface area contributed by atoms with Crippen molar-refractivity contribution in [2.75, 3.05) is 24.8 Å². The van der Waals surface area contributed by atoms with Crippen LogP contribution < -0.4 is 19.7 Å².